The maximum atomic E-state index is 10.5. The molecule has 0 spiro atoms. The Morgan fingerprint density at radius 3 is 1.41 bits per heavy atom. The second-order valence-electron chi connectivity index (χ2n) is 10.8. The topological polar surface area (TPSA) is 40.5 Å². The van der Waals surface area contributed by atoms with Crippen molar-refractivity contribution in [2.45, 2.75) is 167 Å². The highest BCUT2D eigenvalue weighted by Crippen LogP contribution is 2.17. The number of hydrogen-bond donors (Lipinski definition) is 1. The molecule has 3 nitrogen and oxygen atoms in total. The zero-order chi connectivity index (χ0) is 25.1. The van der Waals surface area contributed by atoms with E-state index in [0.717, 1.165) is 18.9 Å². The Morgan fingerprint density at radius 2 is 1.00 bits per heavy atom. The molecule has 0 radical (unpaired) electrons. The van der Waals surface area contributed by atoms with Crippen LogP contribution in [0.2, 0.25) is 0 Å². The molecule has 0 bridgehead atoms. The number of allylic oxidation sites excluding steroid dienone is 2. The summed E-state index contributed by atoms with van der Waals surface area (Å²) in [6, 6.07) is 0.794. The van der Waals surface area contributed by atoms with Crippen LogP contribution in [0.25, 0.3) is 0 Å². The maximum absolute atomic E-state index is 10.5. The SMILES string of the molecule is CCCCCCCCC(CCCCCCCCCC/C=C\CCCCCCCC(=O)O)N(C)C. The lowest BCUT2D eigenvalue weighted by Crippen LogP contribution is -2.27. The Kier molecular flexibility index (Phi) is 26.1. The number of rotatable bonds is 27. The normalized spacial score (nSPS) is 12.7. The third-order valence-corrected chi connectivity index (χ3v) is 7.21. The van der Waals surface area contributed by atoms with Crippen LogP contribution in [0.4, 0.5) is 0 Å². The predicted molar refractivity (Wildman–Crippen MR) is 151 cm³/mol. The van der Waals surface area contributed by atoms with Gasteiger partial charge in [0.2, 0.25) is 0 Å². The van der Waals surface area contributed by atoms with Crippen molar-refractivity contribution in [3.05, 3.63) is 12.2 Å². The molecular weight excluding hydrogens is 418 g/mol. The van der Waals surface area contributed by atoms with Gasteiger partial charge in [-0.05, 0) is 59.0 Å². The molecule has 1 N–H and O–H groups in total. The Morgan fingerprint density at radius 1 is 0.618 bits per heavy atom. The molecule has 0 rings (SSSR count). The van der Waals surface area contributed by atoms with Gasteiger partial charge >= 0.3 is 5.97 Å². The molecular formula is C31H61NO2. The van der Waals surface area contributed by atoms with E-state index in [-0.39, 0.29) is 0 Å². The molecule has 34 heavy (non-hydrogen) atoms. The smallest absolute Gasteiger partial charge is 0.303 e. The Hall–Kier alpha value is -0.830. The second kappa shape index (κ2) is 26.8. The minimum Gasteiger partial charge on any atom is -0.481 e. The molecule has 202 valence electrons. The number of nitrogens with zero attached hydrogens (tertiary/aromatic N) is 1. The number of carbonyl (C=O) groups is 1. The summed E-state index contributed by atoms with van der Waals surface area (Å²) in [5.74, 6) is -0.661. The van der Waals surface area contributed by atoms with E-state index in [1.54, 1.807) is 0 Å². The van der Waals surface area contributed by atoms with Crippen LogP contribution in [0.5, 0.6) is 0 Å². The highest BCUT2D eigenvalue weighted by molar-refractivity contribution is 5.66. The van der Waals surface area contributed by atoms with E-state index >= 15 is 0 Å². The quantitative estimate of drug-likeness (QED) is 0.0941. The third-order valence-electron chi connectivity index (χ3n) is 7.21. The van der Waals surface area contributed by atoms with Crippen LogP contribution in [0.3, 0.4) is 0 Å². The molecule has 0 aliphatic rings. The van der Waals surface area contributed by atoms with Crippen LogP contribution in [-0.4, -0.2) is 36.1 Å². The zero-order valence-electron chi connectivity index (χ0n) is 23.5. The van der Waals surface area contributed by atoms with E-state index in [9.17, 15) is 4.79 Å². The molecule has 0 aromatic heterocycles. The average molecular weight is 480 g/mol. The van der Waals surface area contributed by atoms with Crippen LogP contribution in [0.15, 0.2) is 12.2 Å². The summed E-state index contributed by atoms with van der Waals surface area (Å²) in [5.41, 5.74) is 0. The van der Waals surface area contributed by atoms with Crippen LogP contribution in [0.1, 0.15) is 161 Å². The lowest BCUT2D eigenvalue weighted by molar-refractivity contribution is -0.137. The molecule has 0 heterocycles. The third kappa shape index (κ3) is 25.8. The predicted octanol–water partition coefficient (Wildman–Crippen LogP) is 9.94. The first kappa shape index (κ1) is 33.2. The van der Waals surface area contributed by atoms with Crippen molar-refractivity contribution in [2.24, 2.45) is 0 Å². The van der Waals surface area contributed by atoms with Crippen LogP contribution in [0, 0.1) is 0 Å². The fraction of sp³-hybridized carbons (Fsp3) is 0.903. The van der Waals surface area contributed by atoms with Crippen LogP contribution in [-0.2, 0) is 4.79 Å². The summed E-state index contributed by atoms with van der Waals surface area (Å²) in [6.45, 7) is 2.29. The molecule has 0 fully saturated rings. The lowest BCUT2D eigenvalue weighted by Gasteiger charge is -2.24. The van der Waals surface area contributed by atoms with Crippen molar-refractivity contribution >= 4 is 5.97 Å². The lowest BCUT2D eigenvalue weighted by atomic mass is 9.99. The van der Waals surface area contributed by atoms with Gasteiger partial charge in [-0.1, -0.05) is 122 Å². The van der Waals surface area contributed by atoms with Crippen molar-refractivity contribution in [2.75, 3.05) is 14.1 Å². The van der Waals surface area contributed by atoms with Gasteiger partial charge < -0.3 is 10.0 Å². The molecule has 0 aromatic rings. The van der Waals surface area contributed by atoms with E-state index in [4.69, 9.17) is 5.11 Å². The van der Waals surface area contributed by atoms with E-state index in [1.807, 2.05) is 0 Å². The Labute approximate surface area is 214 Å². The Bertz CT molecular complexity index is 447. The van der Waals surface area contributed by atoms with Crippen molar-refractivity contribution < 1.29 is 9.90 Å². The van der Waals surface area contributed by atoms with Crippen molar-refractivity contribution in [1.29, 1.82) is 0 Å². The summed E-state index contributed by atoms with van der Waals surface area (Å²) in [4.78, 5) is 12.9. The van der Waals surface area contributed by atoms with Crippen molar-refractivity contribution in [3.8, 4) is 0 Å². The molecule has 1 unspecified atom stereocenters. The highest BCUT2D eigenvalue weighted by atomic mass is 16.4. The van der Waals surface area contributed by atoms with Gasteiger partial charge in [0.25, 0.3) is 0 Å². The van der Waals surface area contributed by atoms with Crippen LogP contribution >= 0.6 is 0 Å². The molecule has 0 aliphatic carbocycles. The van der Waals surface area contributed by atoms with Gasteiger partial charge in [-0.3, -0.25) is 4.79 Å². The van der Waals surface area contributed by atoms with Gasteiger partial charge in [0.05, 0.1) is 0 Å². The molecule has 3 heteroatoms. The molecule has 0 saturated carbocycles. The van der Waals surface area contributed by atoms with Crippen molar-refractivity contribution in [3.63, 3.8) is 0 Å². The number of unbranched alkanes of at least 4 members (excludes halogenated alkanes) is 18. The number of carboxylic acid groups (broad SMARTS) is 1. The minimum absolute atomic E-state index is 0.330. The summed E-state index contributed by atoms with van der Waals surface area (Å²) in [7, 11) is 4.54. The first-order chi connectivity index (χ1) is 16.6. The zero-order valence-corrected chi connectivity index (χ0v) is 23.5. The van der Waals surface area contributed by atoms with E-state index in [0.29, 0.717) is 6.42 Å². The Balaban J connectivity index is 3.38. The fourth-order valence-electron chi connectivity index (χ4n) is 4.83. The number of carboxylic acids is 1. The summed E-state index contributed by atoms with van der Waals surface area (Å²) in [5, 5.41) is 8.61. The standard InChI is InChI=1S/C31H61NO2/c1-4-5-6-7-21-24-27-30(32(2)3)28-25-22-19-17-15-13-11-9-8-10-12-14-16-18-20-23-26-29-31(33)34/h10,12,30H,4-9,11,13-29H2,1-3H3,(H,33,34)/b12-10-. The molecule has 0 aromatic carbocycles. The number of hydrogen-bond acceptors (Lipinski definition) is 2. The van der Waals surface area contributed by atoms with Gasteiger partial charge in [0, 0.05) is 12.5 Å². The van der Waals surface area contributed by atoms with Crippen molar-refractivity contribution in [1.82, 2.24) is 4.90 Å². The number of aliphatic carboxylic acids is 1. The molecule has 0 amide bonds. The first-order valence-corrected chi connectivity index (χ1v) is 15.1. The fourth-order valence-corrected chi connectivity index (χ4v) is 4.83. The van der Waals surface area contributed by atoms with Crippen LogP contribution < -0.4 is 0 Å². The van der Waals surface area contributed by atoms with Gasteiger partial charge in [-0.15, -0.1) is 0 Å². The average Bonchev–Trinajstić information content (AvgIpc) is 2.80. The molecule has 1 atom stereocenters. The largest absolute Gasteiger partial charge is 0.481 e. The monoisotopic (exact) mass is 479 g/mol. The minimum atomic E-state index is -0.661. The summed E-state index contributed by atoms with van der Waals surface area (Å²) in [6.07, 6.45) is 35.5. The maximum Gasteiger partial charge on any atom is 0.303 e. The summed E-state index contributed by atoms with van der Waals surface area (Å²) >= 11 is 0. The summed E-state index contributed by atoms with van der Waals surface area (Å²) < 4.78 is 0. The molecule has 0 aliphatic heterocycles. The highest BCUT2D eigenvalue weighted by Gasteiger charge is 2.10. The second-order valence-corrected chi connectivity index (χ2v) is 10.8. The van der Waals surface area contributed by atoms with Gasteiger partial charge in [0.15, 0.2) is 0 Å². The van der Waals surface area contributed by atoms with E-state index in [2.05, 4.69) is 38.1 Å². The van der Waals surface area contributed by atoms with Gasteiger partial charge in [0.1, 0.15) is 0 Å². The van der Waals surface area contributed by atoms with Gasteiger partial charge in [-0.25, -0.2) is 0 Å². The van der Waals surface area contributed by atoms with E-state index < -0.39 is 5.97 Å². The van der Waals surface area contributed by atoms with Gasteiger partial charge in [-0.2, -0.15) is 0 Å². The van der Waals surface area contributed by atoms with E-state index in [1.165, 1.54) is 135 Å². The first-order valence-electron chi connectivity index (χ1n) is 15.1. The molecule has 0 saturated heterocycles.